The third-order valence-electron chi connectivity index (χ3n) is 9.50. The molecule has 0 aliphatic carbocycles. The molecule has 6 aromatic carbocycles. The van der Waals surface area contributed by atoms with Crippen LogP contribution in [0, 0.1) is 0 Å². The molecule has 4 atom stereocenters. The number of hydrogen-bond donors (Lipinski definition) is 2. The highest BCUT2D eigenvalue weighted by Gasteiger charge is 2.25. The minimum atomic E-state index is -0.410. The third-order valence-corrected chi connectivity index (χ3v) is 9.50. The number of benzene rings is 6. The van der Waals surface area contributed by atoms with Crippen LogP contribution in [0.15, 0.2) is 168 Å². The van der Waals surface area contributed by atoms with E-state index >= 15 is 0 Å². The van der Waals surface area contributed by atoms with Crippen molar-refractivity contribution in [2.75, 3.05) is 0 Å². The predicted molar refractivity (Wildman–Crippen MR) is 207 cm³/mol. The molecule has 0 heterocycles. The molecule has 2 unspecified atom stereocenters. The number of aliphatic imine (C=N–C) groups is 2. The standard InChI is InChI=1S/C46H44N2O2/c1-3-39(33-19-9-5-10-20-33)41-29-17-27-37(45(41)49)31-47-43(35-23-13-7-14-24-35)44(36-25-15-8-16-26-36)48-32-38-28-18-30-42(46(38)50)40(4-2)34-21-11-6-12-22-34/h5-32,39-40,43-44,49-50H,3-4H2,1-2H3/t39?,40?,43-,44-/m1/s1. The zero-order valence-electron chi connectivity index (χ0n) is 28.7. The van der Waals surface area contributed by atoms with Crippen LogP contribution < -0.4 is 0 Å². The average Bonchev–Trinajstić information content (AvgIpc) is 3.17. The summed E-state index contributed by atoms with van der Waals surface area (Å²) in [5.74, 6) is 0.607. The van der Waals surface area contributed by atoms with Crippen LogP contribution in [0.2, 0.25) is 0 Å². The van der Waals surface area contributed by atoms with Gasteiger partial charge in [0.15, 0.2) is 0 Å². The molecule has 0 saturated heterocycles. The Kier molecular flexibility index (Phi) is 11.3. The van der Waals surface area contributed by atoms with Crippen molar-refractivity contribution >= 4 is 12.4 Å². The predicted octanol–water partition coefficient (Wildman–Crippen LogP) is 11.2. The lowest BCUT2D eigenvalue weighted by Crippen LogP contribution is -2.09. The van der Waals surface area contributed by atoms with Gasteiger partial charge in [-0.1, -0.05) is 159 Å². The molecule has 0 amide bonds. The SMILES string of the molecule is CCC(c1ccccc1)c1cccc(C=N[C@H](c2ccccc2)[C@H](N=Cc2cccc(C(CC)c3ccccc3)c2O)c2ccccc2)c1O. The minimum Gasteiger partial charge on any atom is -0.507 e. The van der Waals surface area contributed by atoms with E-state index in [1.165, 1.54) is 11.1 Å². The molecule has 2 N–H and O–H groups in total. The summed E-state index contributed by atoms with van der Waals surface area (Å²) in [4.78, 5) is 10.3. The van der Waals surface area contributed by atoms with E-state index in [4.69, 9.17) is 9.98 Å². The molecule has 50 heavy (non-hydrogen) atoms. The maximum atomic E-state index is 11.6. The van der Waals surface area contributed by atoms with E-state index in [0.717, 1.165) is 35.1 Å². The lowest BCUT2D eigenvalue weighted by Gasteiger charge is -2.23. The van der Waals surface area contributed by atoms with Gasteiger partial charge in [-0.25, -0.2) is 0 Å². The Bertz CT molecular complexity index is 1860. The van der Waals surface area contributed by atoms with E-state index < -0.39 is 12.1 Å². The highest BCUT2D eigenvalue weighted by Crippen LogP contribution is 2.39. The second kappa shape index (κ2) is 16.6. The van der Waals surface area contributed by atoms with Crippen LogP contribution in [0.3, 0.4) is 0 Å². The summed E-state index contributed by atoms with van der Waals surface area (Å²) in [6, 6.07) is 51.9. The van der Waals surface area contributed by atoms with Crippen LogP contribution in [-0.2, 0) is 0 Å². The molecule has 0 radical (unpaired) electrons. The van der Waals surface area contributed by atoms with E-state index in [-0.39, 0.29) is 23.3 Å². The maximum Gasteiger partial charge on any atom is 0.128 e. The number of nitrogens with zero attached hydrogens (tertiary/aromatic N) is 2. The number of phenolic OH excluding ortho intramolecular Hbond substituents is 2. The molecule has 0 fully saturated rings. The first-order chi connectivity index (χ1) is 24.6. The number of para-hydroxylation sites is 2. The number of hydrogen-bond acceptors (Lipinski definition) is 4. The fraction of sp³-hybridized carbons (Fsp3) is 0.174. The zero-order chi connectivity index (χ0) is 34.7. The summed E-state index contributed by atoms with van der Waals surface area (Å²) in [5, 5.41) is 23.2. The number of phenols is 2. The van der Waals surface area contributed by atoms with Gasteiger partial charge in [0.1, 0.15) is 23.6 Å². The summed E-state index contributed by atoms with van der Waals surface area (Å²) in [7, 11) is 0. The third kappa shape index (κ3) is 7.76. The lowest BCUT2D eigenvalue weighted by molar-refractivity contribution is 0.462. The van der Waals surface area contributed by atoms with Crippen molar-refractivity contribution in [3.63, 3.8) is 0 Å². The van der Waals surface area contributed by atoms with E-state index in [1.54, 1.807) is 12.4 Å². The van der Waals surface area contributed by atoms with Crippen LogP contribution >= 0.6 is 0 Å². The lowest BCUT2D eigenvalue weighted by atomic mass is 9.87. The second-order valence-electron chi connectivity index (χ2n) is 12.6. The molecule has 0 bridgehead atoms. The molecule has 0 aliphatic heterocycles. The van der Waals surface area contributed by atoms with E-state index in [0.29, 0.717) is 11.1 Å². The van der Waals surface area contributed by atoms with Gasteiger partial charge < -0.3 is 10.2 Å². The Morgan fingerprint density at radius 3 is 1.06 bits per heavy atom. The highest BCUT2D eigenvalue weighted by molar-refractivity contribution is 5.85. The van der Waals surface area contributed by atoms with E-state index in [9.17, 15) is 10.2 Å². The Hall–Kier alpha value is -5.74. The fourth-order valence-corrected chi connectivity index (χ4v) is 6.89. The van der Waals surface area contributed by atoms with E-state index in [2.05, 4.69) is 62.4 Å². The highest BCUT2D eigenvalue weighted by atomic mass is 16.3. The van der Waals surface area contributed by atoms with Crippen molar-refractivity contribution in [2.24, 2.45) is 9.98 Å². The molecule has 4 heteroatoms. The van der Waals surface area contributed by atoms with Gasteiger partial charge in [0, 0.05) is 46.5 Å². The first-order valence-corrected chi connectivity index (χ1v) is 17.5. The first kappa shape index (κ1) is 34.1. The van der Waals surface area contributed by atoms with Crippen molar-refractivity contribution in [1.82, 2.24) is 0 Å². The Morgan fingerprint density at radius 1 is 0.420 bits per heavy atom. The minimum absolute atomic E-state index is 0.0637. The molecule has 4 nitrogen and oxygen atoms in total. The van der Waals surface area contributed by atoms with Gasteiger partial charge >= 0.3 is 0 Å². The van der Waals surface area contributed by atoms with Gasteiger partial charge in [-0.3, -0.25) is 9.98 Å². The summed E-state index contributed by atoms with van der Waals surface area (Å²) in [6.07, 6.45) is 5.27. The van der Waals surface area contributed by atoms with Crippen molar-refractivity contribution in [3.8, 4) is 11.5 Å². The summed E-state index contributed by atoms with van der Waals surface area (Å²) < 4.78 is 0. The van der Waals surface area contributed by atoms with Crippen LogP contribution in [0.4, 0.5) is 0 Å². The summed E-state index contributed by atoms with van der Waals surface area (Å²) in [5.41, 5.74) is 7.41. The Labute approximate surface area is 296 Å². The van der Waals surface area contributed by atoms with Gasteiger partial charge in [0.05, 0.1) is 0 Å². The van der Waals surface area contributed by atoms with Crippen molar-refractivity contribution < 1.29 is 10.2 Å². The van der Waals surface area contributed by atoms with Crippen LogP contribution in [0.5, 0.6) is 11.5 Å². The van der Waals surface area contributed by atoms with Gasteiger partial charge in [-0.15, -0.1) is 0 Å². The average molecular weight is 657 g/mol. The van der Waals surface area contributed by atoms with Crippen LogP contribution in [-0.4, -0.2) is 22.6 Å². The van der Waals surface area contributed by atoms with Crippen molar-refractivity contribution in [2.45, 2.75) is 50.6 Å². The summed E-state index contributed by atoms with van der Waals surface area (Å²) >= 11 is 0. The van der Waals surface area contributed by atoms with Gasteiger partial charge in [0.2, 0.25) is 0 Å². The van der Waals surface area contributed by atoms with Gasteiger partial charge in [-0.05, 0) is 47.2 Å². The number of aromatic hydroxyl groups is 2. The van der Waals surface area contributed by atoms with Crippen LogP contribution in [0.1, 0.15) is 95.1 Å². The zero-order valence-corrected chi connectivity index (χ0v) is 28.7. The number of rotatable bonds is 13. The quantitative estimate of drug-likeness (QED) is 0.122. The maximum absolute atomic E-state index is 11.6. The molecule has 0 aromatic heterocycles. The molecular formula is C46H44N2O2. The van der Waals surface area contributed by atoms with Gasteiger partial charge in [-0.2, -0.15) is 0 Å². The van der Waals surface area contributed by atoms with E-state index in [1.807, 2.05) is 109 Å². The fourth-order valence-electron chi connectivity index (χ4n) is 6.89. The molecule has 0 spiro atoms. The smallest absolute Gasteiger partial charge is 0.128 e. The normalized spacial score (nSPS) is 14.0. The second-order valence-corrected chi connectivity index (χ2v) is 12.6. The molecule has 250 valence electrons. The molecule has 6 aromatic rings. The molecule has 6 rings (SSSR count). The first-order valence-electron chi connectivity index (χ1n) is 17.5. The van der Waals surface area contributed by atoms with Crippen molar-refractivity contribution in [1.29, 1.82) is 0 Å². The Balaban J connectivity index is 1.40. The monoisotopic (exact) mass is 656 g/mol. The van der Waals surface area contributed by atoms with Crippen molar-refractivity contribution in [3.05, 3.63) is 202 Å². The molecule has 0 aliphatic rings. The molecular weight excluding hydrogens is 613 g/mol. The topological polar surface area (TPSA) is 65.2 Å². The summed E-state index contributed by atoms with van der Waals surface area (Å²) in [6.45, 7) is 4.28. The Morgan fingerprint density at radius 2 is 0.740 bits per heavy atom. The van der Waals surface area contributed by atoms with Crippen LogP contribution in [0.25, 0.3) is 0 Å². The largest absolute Gasteiger partial charge is 0.507 e. The molecule has 0 saturated carbocycles. The van der Waals surface area contributed by atoms with Gasteiger partial charge in [0.25, 0.3) is 0 Å².